The highest BCUT2D eigenvalue weighted by molar-refractivity contribution is 6.33. The van der Waals surface area contributed by atoms with E-state index in [0.29, 0.717) is 21.7 Å². The Bertz CT molecular complexity index is 1120. The molecule has 0 amide bonds. The second-order valence-electron chi connectivity index (χ2n) is 5.81. The van der Waals surface area contributed by atoms with E-state index in [9.17, 15) is 0 Å². The van der Waals surface area contributed by atoms with Crippen molar-refractivity contribution >= 4 is 46.1 Å². The van der Waals surface area contributed by atoms with Crippen LogP contribution in [0.1, 0.15) is 5.56 Å². The number of halogens is 2. The number of hydrazone groups is 1. The Morgan fingerprint density at radius 2 is 1.56 bits per heavy atom. The van der Waals surface area contributed by atoms with Gasteiger partial charge in [-0.1, -0.05) is 59.6 Å². The van der Waals surface area contributed by atoms with Crippen LogP contribution in [0.4, 0.5) is 5.82 Å². The average molecular weight is 393 g/mol. The number of para-hydroxylation sites is 1. The largest absolute Gasteiger partial charge is 0.261 e. The lowest BCUT2D eigenvalue weighted by atomic mass is 10.2. The summed E-state index contributed by atoms with van der Waals surface area (Å²) < 4.78 is 0. The van der Waals surface area contributed by atoms with Gasteiger partial charge in [0.25, 0.3) is 0 Å². The molecule has 0 radical (unpaired) electrons. The molecule has 0 aliphatic heterocycles. The zero-order valence-electron chi connectivity index (χ0n) is 14.1. The van der Waals surface area contributed by atoms with Gasteiger partial charge in [-0.2, -0.15) is 5.10 Å². The van der Waals surface area contributed by atoms with Gasteiger partial charge in [-0.3, -0.25) is 5.43 Å². The van der Waals surface area contributed by atoms with Gasteiger partial charge >= 0.3 is 0 Å². The van der Waals surface area contributed by atoms with Crippen LogP contribution in [0, 0.1) is 0 Å². The van der Waals surface area contributed by atoms with Crippen molar-refractivity contribution in [2.24, 2.45) is 5.10 Å². The van der Waals surface area contributed by atoms with E-state index in [4.69, 9.17) is 23.2 Å². The number of fused-ring (bicyclic) bond motifs is 1. The molecule has 0 aliphatic rings. The summed E-state index contributed by atoms with van der Waals surface area (Å²) >= 11 is 12.2. The second-order valence-corrected chi connectivity index (χ2v) is 6.66. The molecule has 4 nitrogen and oxygen atoms in total. The standard InChI is InChI=1S/C21H14Cl2N4/c22-15-11-9-14(10-12-15)13-24-27-21-17-6-2-4-8-19(17)25-20(26-21)16-5-1-3-7-18(16)23/h1-13H,(H,25,26,27). The van der Waals surface area contributed by atoms with Gasteiger partial charge < -0.3 is 0 Å². The smallest absolute Gasteiger partial charge is 0.163 e. The fourth-order valence-electron chi connectivity index (χ4n) is 2.64. The molecule has 0 bridgehead atoms. The Balaban J connectivity index is 1.72. The molecule has 0 spiro atoms. The minimum atomic E-state index is 0.545. The zero-order chi connectivity index (χ0) is 18.6. The molecule has 1 heterocycles. The van der Waals surface area contributed by atoms with Crippen LogP contribution in [-0.4, -0.2) is 16.2 Å². The summed E-state index contributed by atoms with van der Waals surface area (Å²) in [5, 5.41) is 6.47. The van der Waals surface area contributed by atoms with Crippen LogP contribution in [0.25, 0.3) is 22.3 Å². The maximum Gasteiger partial charge on any atom is 0.163 e. The molecule has 0 unspecified atom stereocenters. The Morgan fingerprint density at radius 1 is 0.815 bits per heavy atom. The van der Waals surface area contributed by atoms with Crippen LogP contribution in [0.2, 0.25) is 10.0 Å². The number of nitrogens with one attached hydrogen (secondary N) is 1. The van der Waals surface area contributed by atoms with Crippen LogP contribution < -0.4 is 5.43 Å². The van der Waals surface area contributed by atoms with Crippen LogP contribution in [-0.2, 0) is 0 Å². The van der Waals surface area contributed by atoms with E-state index in [0.717, 1.165) is 22.0 Å². The summed E-state index contributed by atoms with van der Waals surface area (Å²) in [4.78, 5) is 9.28. The highest BCUT2D eigenvalue weighted by Gasteiger charge is 2.11. The topological polar surface area (TPSA) is 50.2 Å². The van der Waals surface area contributed by atoms with Gasteiger partial charge in [-0.05, 0) is 42.0 Å². The fraction of sp³-hybridized carbons (Fsp3) is 0. The third-order valence-corrected chi connectivity index (χ3v) is 4.55. The fourth-order valence-corrected chi connectivity index (χ4v) is 2.99. The number of nitrogens with zero attached hydrogens (tertiary/aromatic N) is 3. The molecular weight excluding hydrogens is 379 g/mol. The van der Waals surface area contributed by atoms with Gasteiger partial charge in [0.15, 0.2) is 11.6 Å². The lowest BCUT2D eigenvalue weighted by Gasteiger charge is -2.09. The molecule has 0 saturated heterocycles. The van der Waals surface area contributed by atoms with E-state index in [1.807, 2.05) is 72.8 Å². The van der Waals surface area contributed by atoms with Crippen molar-refractivity contribution in [3.05, 3.63) is 88.4 Å². The van der Waals surface area contributed by atoms with Crippen molar-refractivity contribution in [1.29, 1.82) is 0 Å². The Kier molecular flexibility index (Phi) is 5.01. The third kappa shape index (κ3) is 3.92. The number of benzene rings is 3. The van der Waals surface area contributed by atoms with E-state index < -0.39 is 0 Å². The molecular formula is C21H14Cl2N4. The first kappa shape index (κ1) is 17.5. The number of hydrogen-bond acceptors (Lipinski definition) is 4. The predicted molar refractivity (Wildman–Crippen MR) is 113 cm³/mol. The Morgan fingerprint density at radius 3 is 2.37 bits per heavy atom. The molecule has 1 aromatic heterocycles. The number of hydrogen-bond donors (Lipinski definition) is 1. The van der Waals surface area contributed by atoms with E-state index >= 15 is 0 Å². The molecule has 0 fully saturated rings. The predicted octanol–water partition coefficient (Wildman–Crippen LogP) is 6.05. The first-order chi connectivity index (χ1) is 13.2. The van der Waals surface area contributed by atoms with E-state index in [2.05, 4.69) is 20.5 Å². The summed E-state index contributed by atoms with van der Waals surface area (Å²) in [6, 6.07) is 22.7. The summed E-state index contributed by atoms with van der Waals surface area (Å²) in [5.74, 6) is 1.16. The lowest BCUT2D eigenvalue weighted by molar-refractivity contribution is 1.19. The molecule has 4 rings (SSSR count). The molecule has 6 heteroatoms. The van der Waals surface area contributed by atoms with E-state index in [-0.39, 0.29) is 0 Å². The normalized spacial score (nSPS) is 11.2. The zero-order valence-corrected chi connectivity index (χ0v) is 15.6. The van der Waals surface area contributed by atoms with Crippen molar-refractivity contribution < 1.29 is 0 Å². The maximum absolute atomic E-state index is 6.32. The van der Waals surface area contributed by atoms with Crippen molar-refractivity contribution in [3.8, 4) is 11.4 Å². The lowest BCUT2D eigenvalue weighted by Crippen LogP contribution is -1.99. The summed E-state index contributed by atoms with van der Waals surface area (Å²) in [7, 11) is 0. The molecule has 0 aliphatic carbocycles. The quantitative estimate of drug-likeness (QED) is 0.339. The number of rotatable bonds is 4. The van der Waals surface area contributed by atoms with Crippen molar-refractivity contribution in [2.75, 3.05) is 5.43 Å². The van der Waals surface area contributed by atoms with E-state index in [1.165, 1.54) is 0 Å². The van der Waals surface area contributed by atoms with Crippen molar-refractivity contribution in [3.63, 3.8) is 0 Å². The van der Waals surface area contributed by atoms with Crippen LogP contribution >= 0.6 is 23.2 Å². The maximum atomic E-state index is 6.32. The second kappa shape index (κ2) is 7.74. The molecule has 0 saturated carbocycles. The number of anilines is 1. The first-order valence-electron chi connectivity index (χ1n) is 8.27. The molecule has 132 valence electrons. The minimum absolute atomic E-state index is 0.545. The molecule has 1 N–H and O–H groups in total. The van der Waals surface area contributed by atoms with Crippen molar-refractivity contribution in [1.82, 2.24) is 9.97 Å². The highest BCUT2D eigenvalue weighted by atomic mass is 35.5. The summed E-state index contributed by atoms with van der Waals surface area (Å²) in [5.41, 5.74) is 5.53. The first-order valence-corrected chi connectivity index (χ1v) is 9.02. The minimum Gasteiger partial charge on any atom is -0.261 e. The van der Waals surface area contributed by atoms with Gasteiger partial charge in [-0.15, -0.1) is 0 Å². The number of aromatic nitrogens is 2. The van der Waals surface area contributed by atoms with Gasteiger partial charge in [0, 0.05) is 16.0 Å². The molecule has 0 atom stereocenters. The molecule has 4 aromatic rings. The van der Waals surface area contributed by atoms with Gasteiger partial charge in [0.1, 0.15) is 0 Å². The summed E-state index contributed by atoms with van der Waals surface area (Å²) in [6.45, 7) is 0. The van der Waals surface area contributed by atoms with Crippen molar-refractivity contribution in [2.45, 2.75) is 0 Å². The third-order valence-electron chi connectivity index (χ3n) is 3.97. The van der Waals surface area contributed by atoms with Gasteiger partial charge in [0.05, 0.1) is 16.8 Å². The average Bonchev–Trinajstić information content (AvgIpc) is 2.69. The van der Waals surface area contributed by atoms with Crippen LogP contribution in [0.3, 0.4) is 0 Å². The Hall–Kier alpha value is -2.95. The molecule has 3 aromatic carbocycles. The Labute approximate surface area is 166 Å². The van der Waals surface area contributed by atoms with Crippen LogP contribution in [0.15, 0.2) is 77.9 Å². The monoisotopic (exact) mass is 392 g/mol. The van der Waals surface area contributed by atoms with Gasteiger partial charge in [-0.25, -0.2) is 9.97 Å². The van der Waals surface area contributed by atoms with Crippen LogP contribution in [0.5, 0.6) is 0 Å². The molecule has 27 heavy (non-hydrogen) atoms. The SMILES string of the molecule is Clc1ccc(C=NNc2nc(-c3ccccc3Cl)nc3ccccc23)cc1. The summed E-state index contributed by atoms with van der Waals surface area (Å²) in [6.07, 6.45) is 1.71. The highest BCUT2D eigenvalue weighted by Crippen LogP contribution is 2.29. The van der Waals surface area contributed by atoms with Gasteiger partial charge in [0.2, 0.25) is 0 Å². The van der Waals surface area contributed by atoms with E-state index in [1.54, 1.807) is 6.21 Å².